The summed E-state index contributed by atoms with van der Waals surface area (Å²) in [6.07, 6.45) is 5.40. The van der Waals surface area contributed by atoms with Crippen molar-refractivity contribution < 1.29 is 24.2 Å². The zero-order chi connectivity index (χ0) is 19.3. The Balaban J connectivity index is 1.70. The van der Waals surface area contributed by atoms with Crippen LogP contribution in [0.15, 0.2) is 42.6 Å². The van der Waals surface area contributed by atoms with Crippen molar-refractivity contribution in [1.82, 2.24) is 4.98 Å². The normalized spacial score (nSPS) is 11.0. The topological polar surface area (TPSA) is 104 Å². The fourth-order valence-electron chi connectivity index (χ4n) is 2.07. The molecule has 1 heterocycles. The summed E-state index contributed by atoms with van der Waals surface area (Å²) in [5, 5.41) is 19.2. The number of benzene rings is 1. The monoisotopic (exact) mass is 374 g/mol. The van der Waals surface area contributed by atoms with E-state index in [1.807, 2.05) is 18.2 Å². The van der Waals surface area contributed by atoms with Gasteiger partial charge in [-0.25, -0.2) is 4.98 Å². The molecule has 0 aliphatic heterocycles. The van der Waals surface area contributed by atoms with E-state index in [4.69, 9.17) is 19.3 Å². The molecule has 1 aromatic carbocycles. The summed E-state index contributed by atoms with van der Waals surface area (Å²) in [6, 6.07) is 9.95. The van der Waals surface area contributed by atoms with E-state index in [1.165, 1.54) is 12.1 Å². The molecular formula is C19H22N2O6. The molecule has 27 heavy (non-hydrogen) atoms. The lowest BCUT2D eigenvalue weighted by atomic mass is 10.1. The van der Waals surface area contributed by atoms with Crippen molar-refractivity contribution in [1.29, 1.82) is 0 Å². The Labute approximate surface area is 157 Å². The summed E-state index contributed by atoms with van der Waals surface area (Å²) >= 11 is 0. The standard InChI is InChI=1S/C19H22N2O6/c22-9-10-25-11-12-26-13-14-27-19-8-5-17(15-20-19)2-1-16-3-6-18(7-4-16)21(23)24/h1-8,15,22H,9-14H2/b2-1+. The summed E-state index contributed by atoms with van der Waals surface area (Å²) in [5.41, 5.74) is 1.82. The highest BCUT2D eigenvalue weighted by Gasteiger charge is 2.02. The number of aliphatic hydroxyl groups is 1. The first-order chi connectivity index (χ1) is 13.2. The van der Waals surface area contributed by atoms with Gasteiger partial charge >= 0.3 is 0 Å². The van der Waals surface area contributed by atoms with E-state index in [1.54, 1.807) is 24.4 Å². The number of aliphatic hydroxyl groups excluding tert-OH is 1. The van der Waals surface area contributed by atoms with Crippen LogP contribution in [0.1, 0.15) is 11.1 Å². The van der Waals surface area contributed by atoms with Crippen LogP contribution < -0.4 is 4.74 Å². The number of rotatable bonds is 12. The molecule has 0 radical (unpaired) electrons. The maximum Gasteiger partial charge on any atom is 0.269 e. The molecule has 0 aliphatic carbocycles. The lowest BCUT2D eigenvalue weighted by Gasteiger charge is -2.07. The Hall–Kier alpha value is -2.81. The first-order valence-corrected chi connectivity index (χ1v) is 8.47. The van der Waals surface area contributed by atoms with Crippen molar-refractivity contribution in [2.45, 2.75) is 0 Å². The van der Waals surface area contributed by atoms with Crippen LogP contribution >= 0.6 is 0 Å². The number of ether oxygens (including phenoxy) is 3. The van der Waals surface area contributed by atoms with Crippen molar-refractivity contribution in [3.05, 3.63) is 63.8 Å². The maximum atomic E-state index is 10.6. The first kappa shape index (κ1) is 20.5. The van der Waals surface area contributed by atoms with Crippen LogP contribution in [0.2, 0.25) is 0 Å². The van der Waals surface area contributed by atoms with Crippen molar-refractivity contribution in [3.63, 3.8) is 0 Å². The van der Waals surface area contributed by atoms with Crippen LogP contribution in [0.3, 0.4) is 0 Å². The Kier molecular flexibility index (Phi) is 8.91. The predicted molar refractivity (Wildman–Crippen MR) is 100 cm³/mol. The summed E-state index contributed by atoms with van der Waals surface area (Å²) < 4.78 is 15.9. The van der Waals surface area contributed by atoms with Gasteiger partial charge in [0.15, 0.2) is 0 Å². The molecule has 0 fully saturated rings. The van der Waals surface area contributed by atoms with E-state index in [0.717, 1.165) is 11.1 Å². The van der Waals surface area contributed by atoms with Crippen LogP contribution in [0.4, 0.5) is 5.69 Å². The van der Waals surface area contributed by atoms with Crippen molar-refractivity contribution in [2.24, 2.45) is 0 Å². The molecule has 0 bridgehead atoms. The molecule has 0 aliphatic rings. The number of nitro groups is 1. The largest absolute Gasteiger partial charge is 0.475 e. The minimum absolute atomic E-state index is 0.00778. The molecule has 8 heteroatoms. The molecule has 0 spiro atoms. The van der Waals surface area contributed by atoms with E-state index in [-0.39, 0.29) is 12.3 Å². The fourth-order valence-corrected chi connectivity index (χ4v) is 2.07. The second-order valence-corrected chi connectivity index (χ2v) is 5.41. The maximum absolute atomic E-state index is 10.6. The third kappa shape index (κ3) is 7.95. The van der Waals surface area contributed by atoms with Gasteiger partial charge in [0.05, 0.1) is 38.0 Å². The molecule has 1 N–H and O–H groups in total. The smallest absolute Gasteiger partial charge is 0.269 e. The average Bonchev–Trinajstić information content (AvgIpc) is 2.69. The molecule has 1 aromatic heterocycles. The number of nitro benzene ring substituents is 1. The van der Waals surface area contributed by atoms with Crippen molar-refractivity contribution in [3.8, 4) is 5.88 Å². The van der Waals surface area contributed by atoms with E-state index >= 15 is 0 Å². The van der Waals surface area contributed by atoms with Gasteiger partial charge in [-0.05, 0) is 29.3 Å². The second kappa shape index (κ2) is 11.7. The highest BCUT2D eigenvalue weighted by atomic mass is 16.6. The van der Waals surface area contributed by atoms with Crippen LogP contribution in [0, 0.1) is 10.1 Å². The van der Waals surface area contributed by atoms with Crippen molar-refractivity contribution >= 4 is 17.8 Å². The lowest BCUT2D eigenvalue weighted by molar-refractivity contribution is -0.384. The SMILES string of the molecule is O=[N+]([O-])c1ccc(/C=C/c2ccc(OCCOCCOCCO)nc2)cc1. The van der Waals surface area contributed by atoms with Crippen LogP contribution in [0.5, 0.6) is 5.88 Å². The molecule has 0 unspecified atom stereocenters. The molecule has 0 saturated heterocycles. The van der Waals surface area contributed by atoms with Gasteiger partial charge in [-0.3, -0.25) is 10.1 Å². The average molecular weight is 374 g/mol. The Morgan fingerprint density at radius 3 is 2.19 bits per heavy atom. The van der Waals surface area contributed by atoms with E-state index in [0.29, 0.717) is 38.9 Å². The van der Waals surface area contributed by atoms with Crippen LogP contribution in [-0.2, 0) is 9.47 Å². The molecule has 144 valence electrons. The summed E-state index contributed by atoms with van der Waals surface area (Å²) in [5.74, 6) is 0.502. The first-order valence-electron chi connectivity index (χ1n) is 8.47. The van der Waals surface area contributed by atoms with E-state index < -0.39 is 4.92 Å². The molecule has 0 saturated carbocycles. The molecule has 2 aromatic rings. The highest BCUT2D eigenvalue weighted by molar-refractivity contribution is 5.69. The molecule has 0 amide bonds. The Bertz CT molecular complexity index is 716. The zero-order valence-electron chi connectivity index (χ0n) is 14.8. The molecule has 8 nitrogen and oxygen atoms in total. The van der Waals surface area contributed by atoms with Gasteiger partial charge in [0, 0.05) is 24.4 Å². The minimum Gasteiger partial charge on any atom is -0.475 e. The number of hydrogen-bond donors (Lipinski definition) is 1. The Morgan fingerprint density at radius 1 is 0.926 bits per heavy atom. The number of non-ortho nitro benzene ring substituents is 1. The van der Waals surface area contributed by atoms with Gasteiger partial charge in [-0.2, -0.15) is 0 Å². The van der Waals surface area contributed by atoms with Gasteiger partial charge < -0.3 is 19.3 Å². The van der Waals surface area contributed by atoms with Crippen LogP contribution in [0.25, 0.3) is 12.2 Å². The van der Waals surface area contributed by atoms with E-state index in [9.17, 15) is 10.1 Å². The fraction of sp³-hybridized carbons (Fsp3) is 0.316. The predicted octanol–water partition coefficient (Wildman–Crippen LogP) is 2.56. The summed E-state index contributed by atoms with van der Waals surface area (Å²) in [4.78, 5) is 14.4. The molecule has 2 rings (SSSR count). The van der Waals surface area contributed by atoms with Gasteiger partial charge in [-0.1, -0.05) is 12.2 Å². The third-order valence-electron chi connectivity index (χ3n) is 3.42. The number of pyridine rings is 1. The second-order valence-electron chi connectivity index (χ2n) is 5.41. The lowest BCUT2D eigenvalue weighted by Crippen LogP contribution is -2.12. The highest BCUT2D eigenvalue weighted by Crippen LogP contribution is 2.15. The van der Waals surface area contributed by atoms with Gasteiger partial charge in [-0.15, -0.1) is 0 Å². The summed E-state index contributed by atoms with van der Waals surface area (Å²) in [6.45, 7) is 2.01. The third-order valence-corrected chi connectivity index (χ3v) is 3.42. The quantitative estimate of drug-likeness (QED) is 0.346. The number of hydrogen-bond acceptors (Lipinski definition) is 7. The Morgan fingerprint density at radius 2 is 1.56 bits per heavy atom. The number of aromatic nitrogens is 1. The van der Waals surface area contributed by atoms with Gasteiger partial charge in [0.1, 0.15) is 6.61 Å². The van der Waals surface area contributed by atoms with Gasteiger partial charge in [0.2, 0.25) is 5.88 Å². The van der Waals surface area contributed by atoms with Crippen LogP contribution in [-0.4, -0.2) is 54.7 Å². The van der Waals surface area contributed by atoms with Gasteiger partial charge in [0.25, 0.3) is 5.69 Å². The zero-order valence-corrected chi connectivity index (χ0v) is 14.8. The summed E-state index contributed by atoms with van der Waals surface area (Å²) in [7, 11) is 0. The van der Waals surface area contributed by atoms with Crippen molar-refractivity contribution in [2.75, 3.05) is 39.6 Å². The molecule has 0 atom stereocenters. The van der Waals surface area contributed by atoms with E-state index in [2.05, 4.69) is 4.98 Å². The number of nitrogens with zero attached hydrogens (tertiary/aromatic N) is 2. The minimum atomic E-state index is -0.424. The molecular weight excluding hydrogens is 352 g/mol.